The van der Waals surface area contributed by atoms with Crippen molar-refractivity contribution in [2.75, 3.05) is 0 Å². The average molecular weight is 278 g/mol. The molecule has 0 radical (unpaired) electrons. The Kier molecular flexibility index (Phi) is 4.01. The molecule has 1 heterocycles. The second kappa shape index (κ2) is 6.27. The van der Waals surface area contributed by atoms with Crippen molar-refractivity contribution < 1.29 is 4.74 Å². The molecule has 106 valence electrons. The number of rotatable bonds is 5. The molecule has 0 aliphatic carbocycles. The van der Waals surface area contributed by atoms with Crippen LogP contribution in [-0.2, 0) is 13.2 Å². The third-order valence-corrected chi connectivity index (χ3v) is 3.45. The van der Waals surface area contributed by atoms with Gasteiger partial charge in [0.15, 0.2) is 0 Å². The van der Waals surface area contributed by atoms with Crippen LogP contribution in [0.15, 0.2) is 67.1 Å². The van der Waals surface area contributed by atoms with Gasteiger partial charge in [-0.25, -0.2) is 4.98 Å². The first-order valence-electron chi connectivity index (χ1n) is 7.14. The lowest BCUT2D eigenvalue weighted by Crippen LogP contribution is -1.96. The minimum atomic E-state index is 0.590. The molecule has 0 spiro atoms. The molecule has 3 heteroatoms. The first kappa shape index (κ1) is 13.4. The Hall–Kier alpha value is -2.55. The first-order chi connectivity index (χ1) is 10.4. The molecule has 0 aliphatic heterocycles. The number of hydrogen-bond acceptors (Lipinski definition) is 2. The maximum absolute atomic E-state index is 5.80. The predicted octanol–water partition coefficient (Wildman–Crippen LogP) is 4.15. The van der Waals surface area contributed by atoms with Crippen LogP contribution in [0.25, 0.3) is 11.3 Å². The van der Waals surface area contributed by atoms with Crippen molar-refractivity contribution in [2.45, 2.75) is 20.1 Å². The number of nitrogens with zero attached hydrogens (tertiary/aromatic N) is 2. The molecule has 3 aromatic rings. The van der Waals surface area contributed by atoms with Gasteiger partial charge >= 0.3 is 0 Å². The number of imidazole rings is 1. The van der Waals surface area contributed by atoms with Crippen LogP contribution >= 0.6 is 0 Å². The SMILES string of the molecule is CCn1cncc1-c1ccc(OCc2ccccc2)cc1. The fourth-order valence-electron chi connectivity index (χ4n) is 2.28. The highest BCUT2D eigenvalue weighted by Gasteiger charge is 2.04. The summed E-state index contributed by atoms with van der Waals surface area (Å²) in [4.78, 5) is 4.20. The van der Waals surface area contributed by atoms with Crippen LogP contribution in [0.5, 0.6) is 5.75 Å². The molecule has 1 aromatic heterocycles. The van der Waals surface area contributed by atoms with Crippen LogP contribution in [0.1, 0.15) is 12.5 Å². The summed E-state index contributed by atoms with van der Waals surface area (Å²) in [7, 11) is 0. The quantitative estimate of drug-likeness (QED) is 0.701. The second-order valence-corrected chi connectivity index (χ2v) is 4.86. The van der Waals surface area contributed by atoms with Gasteiger partial charge in [-0.3, -0.25) is 0 Å². The first-order valence-corrected chi connectivity index (χ1v) is 7.14. The van der Waals surface area contributed by atoms with Crippen LogP contribution in [0.4, 0.5) is 0 Å². The topological polar surface area (TPSA) is 27.1 Å². The molecule has 2 aromatic carbocycles. The Morgan fingerprint density at radius 1 is 1.00 bits per heavy atom. The molecule has 21 heavy (non-hydrogen) atoms. The van der Waals surface area contributed by atoms with E-state index in [0.717, 1.165) is 23.6 Å². The number of aromatic nitrogens is 2. The fraction of sp³-hybridized carbons (Fsp3) is 0.167. The van der Waals surface area contributed by atoms with Crippen molar-refractivity contribution in [3.8, 4) is 17.0 Å². The molecule has 0 unspecified atom stereocenters. The number of ether oxygens (including phenoxy) is 1. The van der Waals surface area contributed by atoms with Crippen LogP contribution in [-0.4, -0.2) is 9.55 Å². The monoisotopic (exact) mass is 278 g/mol. The molecule has 3 nitrogen and oxygen atoms in total. The van der Waals surface area contributed by atoms with Gasteiger partial charge in [0, 0.05) is 12.1 Å². The molecule has 0 atom stereocenters. The van der Waals surface area contributed by atoms with E-state index >= 15 is 0 Å². The Morgan fingerprint density at radius 2 is 1.76 bits per heavy atom. The van der Waals surface area contributed by atoms with E-state index in [9.17, 15) is 0 Å². The highest BCUT2D eigenvalue weighted by atomic mass is 16.5. The van der Waals surface area contributed by atoms with Crippen molar-refractivity contribution in [1.82, 2.24) is 9.55 Å². The standard InChI is InChI=1S/C18H18N2O/c1-2-20-14-19-12-18(20)16-8-10-17(11-9-16)21-13-15-6-4-3-5-7-15/h3-12,14H,2,13H2,1H3. The van der Waals surface area contributed by atoms with Gasteiger partial charge in [0.25, 0.3) is 0 Å². The van der Waals surface area contributed by atoms with Gasteiger partial charge in [0.1, 0.15) is 12.4 Å². The lowest BCUT2D eigenvalue weighted by Gasteiger charge is -2.08. The van der Waals surface area contributed by atoms with Crippen LogP contribution in [0.3, 0.4) is 0 Å². The van der Waals surface area contributed by atoms with Gasteiger partial charge in [-0.1, -0.05) is 30.3 Å². The predicted molar refractivity (Wildman–Crippen MR) is 84.1 cm³/mol. The van der Waals surface area contributed by atoms with Crippen molar-refractivity contribution in [1.29, 1.82) is 0 Å². The zero-order chi connectivity index (χ0) is 14.5. The number of hydrogen-bond donors (Lipinski definition) is 0. The Labute approximate surface area is 124 Å². The molecule has 0 bridgehead atoms. The molecule has 3 rings (SSSR count). The maximum Gasteiger partial charge on any atom is 0.119 e. The van der Waals surface area contributed by atoms with E-state index in [-0.39, 0.29) is 0 Å². The molecule has 0 saturated heterocycles. The third-order valence-electron chi connectivity index (χ3n) is 3.45. The summed E-state index contributed by atoms with van der Waals surface area (Å²) in [5.41, 5.74) is 3.46. The Balaban J connectivity index is 1.70. The average Bonchev–Trinajstić information content (AvgIpc) is 3.03. The van der Waals surface area contributed by atoms with Crippen molar-refractivity contribution in [2.24, 2.45) is 0 Å². The van der Waals surface area contributed by atoms with Gasteiger partial charge in [-0.05, 0) is 36.8 Å². The summed E-state index contributed by atoms with van der Waals surface area (Å²) < 4.78 is 7.92. The summed E-state index contributed by atoms with van der Waals surface area (Å²) in [6, 6.07) is 18.3. The molecular weight excluding hydrogens is 260 g/mol. The van der Waals surface area contributed by atoms with E-state index in [1.54, 1.807) is 0 Å². The lowest BCUT2D eigenvalue weighted by atomic mass is 10.1. The highest BCUT2D eigenvalue weighted by Crippen LogP contribution is 2.22. The van der Waals surface area contributed by atoms with Gasteiger partial charge in [0.05, 0.1) is 18.2 Å². The van der Waals surface area contributed by atoms with Crippen LogP contribution in [0.2, 0.25) is 0 Å². The zero-order valence-corrected chi connectivity index (χ0v) is 12.1. The highest BCUT2D eigenvalue weighted by molar-refractivity contribution is 5.59. The Bertz CT molecular complexity index is 687. The van der Waals surface area contributed by atoms with Crippen LogP contribution in [0, 0.1) is 0 Å². The van der Waals surface area contributed by atoms with E-state index in [4.69, 9.17) is 4.74 Å². The summed E-state index contributed by atoms with van der Waals surface area (Å²) in [5.74, 6) is 0.880. The largest absolute Gasteiger partial charge is 0.489 e. The van der Waals surface area contributed by atoms with E-state index in [2.05, 4.69) is 40.7 Å². The van der Waals surface area contributed by atoms with Gasteiger partial charge in [-0.15, -0.1) is 0 Å². The summed E-state index contributed by atoms with van der Waals surface area (Å²) in [6.07, 6.45) is 3.75. The van der Waals surface area contributed by atoms with Gasteiger partial charge in [-0.2, -0.15) is 0 Å². The second-order valence-electron chi connectivity index (χ2n) is 4.86. The van der Waals surface area contributed by atoms with Crippen molar-refractivity contribution in [3.05, 3.63) is 72.7 Å². The summed E-state index contributed by atoms with van der Waals surface area (Å²) in [5, 5.41) is 0. The van der Waals surface area contributed by atoms with E-state index < -0.39 is 0 Å². The molecule has 0 saturated carbocycles. The number of benzene rings is 2. The summed E-state index contributed by atoms with van der Waals surface area (Å²) in [6.45, 7) is 3.62. The molecule has 0 N–H and O–H groups in total. The summed E-state index contributed by atoms with van der Waals surface area (Å²) >= 11 is 0. The van der Waals surface area contributed by atoms with E-state index in [1.165, 1.54) is 5.56 Å². The van der Waals surface area contributed by atoms with Gasteiger partial charge < -0.3 is 9.30 Å². The number of aryl methyl sites for hydroxylation is 1. The molecule has 0 fully saturated rings. The Morgan fingerprint density at radius 3 is 2.48 bits per heavy atom. The zero-order valence-electron chi connectivity index (χ0n) is 12.1. The lowest BCUT2D eigenvalue weighted by molar-refractivity contribution is 0.306. The third kappa shape index (κ3) is 3.14. The smallest absolute Gasteiger partial charge is 0.119 e. The minimum absolute atomic E-state index is 0.590. The normalized spacial score (nSPS) is 10.5. The maximum atomic E-state index is 5.80. The van der Waals surface area contributed by atoms with E-state index in [1.807, 2.05) is 42.9 Å². The van der Waals surface area contributed by atoms with Crippen molar-refractivity contribution in [3.63, 3.8) is 0 Å². The minimum Gasteiger partial charge on any atom is -0.489 e. The van der Waals surface area contributed by atoms with E-state index in [0.29, 0.717) is 6.61 Å². The van der Waals surface area contributed by atoms with Crippen molar-refractivity contribution >= 4 is 0 Å². The molecule has 0 amide bonds. The fourth-order valence-corrected chi connectivity index (χ4v) is 2.28. The molecule has 0 aliphatic rings. The molecular formula is C18H18N2O. The van der Waals surface area contributed by atoms with Crippen LogP contribution < -0.4 is 4.74 Å². The van der Waals surface area contributed by atoms with Gasteiger partial charge in [0.2, 0.25) is 0 Å².